The van der Waals surface area contributed by atoms with Gasteiger partial charge in [0.25, 0.3) is 0 Å². The highest BCUT2D eigenvalue weighted by Crippen LogP contribution is 2.19. The summed E-state index contributed by atoms with van der Waals surface area (Å²) in [4.78, 5) is 3.93. The highest BCUT2D eigenvalue weighted by Gasteiger charge is 2.05. The van der Waals surface area contributed by atoms with Crippen LogP contribution >= 0.6 is 0 Å². The molecule has 22 heavy (non-hydrogen) atoms. The Labute approximate surface area is 128 Å². The number of nitrogens with one attached hydrogen (secondary N) is 1. The van der Waals surface area contributed by atoms with E-state index in [9.17, 15) is 4.39 Å². The number of imidazole rings is 1. The molecule has 0 aliphatic rings. The molecule has 0 amide bonds. The Bertz CT molecular complexity index is 756. The molecule has 0 radical (unpaired) electrons. The predicted molar refractivity (Wildman–Crippen MR) is 83.8 cm³/mol. The summed E-state index contributed by atoms with van der Waals surface area (Å²) in [6.07, 6.45) is 4.91. The van der Waals surface area contributed by atoms with Crippen LogP contribution in [0.1, 0.15) is 5.56 Å². The summed E-state index contributed by atoms with van der Waals surface area (Å²) in [5.74, 6) is 0.509. The lowest BCUT2D eigenvalue weighted by Crippen LogP contribution is -2.02. The average Bonchev–Trinajstić information content (AvgIpc) is 3.07. The third kappa shape index (κ3) is 3.09. The van der Waals surface area contributed by atoms with Crippen molar-refractivity contribution in [2.75, 3.05) is 12.4 Å². The lowest BCUT2D eigenvalue weighted by molar-refractivity contribution is 0.415. The van der Waals surface area contributed by atoms with E-state index in [1.807, 2.05) is 30.3 Å². The third-order valence-electron chi connectivity index (χ3n) is 3.36. The second-order valence-electron chi connectivity index (χ2n) is 4.84. The van der Waals surface area contributed by atoms with Gasteiger partial charge < -0.3 is 14.6 Å². The van der Waals surface area contributed by atoms with Gasteiger partial charge in [0.2, 0.25) is 0 Å². The molecule has 0 unspecified atom stereocenters. The molecule has 0 aliphatic carbocycles. The SMILES string of the molecule is COc1cccc(NCc2ccc(-n3ccnc3)c(F)c2)c1. The van der Waals surface area contributed by atoms with E-state index in [1.54, 1.807) is 36.5 Å². The molecule has 0 saturated carbocycles. The molecule has 4 nitrogen and oxygen atoms in total. The average molecular weight is 297 g/mol. The monoisotopic (exact) mass is 297 g/mol. The molecular weight excluding hydrogens is 281 g/mol. The summed E-state index contributed by atoms with van der Waals surface area (Å²) >= 11 is 0. The molecule has 112 valence electrons. The number of methoxy groups -OCH3 is 1. The number of halogens is 1. The second kappa shape index (κ2) is 6.30. The topological polar surface area (TPSA) is 39.1 Å². The number of aromatic nitrogens is 2. The van der Waals surface area contributed by atoms with Gasteiger partial charge >= 0.3 is 0 Å². The van der Waals surface area contributed by atoms with Gasteiger partial charge in [-0.2, -0.15) is 0 Å². The van der Waals surface area contributed by atoms with Crippen LogP contribution in [0.5, 0.6) is 5.75 Å². The fourth-order valence-corrected chi connectivity index (χ4v) is 2.21. The van der Waals surface area contributed by atoms with E-state index >= 15 is 0 Å². The Balaban J connectivity index is 1.72. The molecule has 0 fully saturated rings. The van der Waals surface area contributed by atoms with Crippen molar-refractivity contribution in [3.05, 3.63) is 72.6 Å². The zero-order chi connectivity index (χ0) is 15.4. The summed E-state index contributed by atoms with van der Waals surface area (Å²) < 4.78 is 21.0. The molecule has 2 aromatic carbocycles. The molecular formula is C17H16FN3O. The van der Waals surface area contributed by atoms with Crippen LogP contribution in [0, 0.1) is 5.82 Å². The van der Waals surface area contributed by atoms with E-state index in [4.69, 9.17) is 4.74 Å². The van der Waals surface area contributed by atoms with E-state index < -0.39 is 0 Å². The number of hydrogen-bond donors (Lipinski definition) is 1. The predicted octanol–water partition coefficient (Wildman–Crippen LogP) is 3.63. The molecule has 3 rings (SSSR count). The van der Waals surface area contributed by atoms with Gasteiger partial charge in [-0.05, 0) is 29.8 Å². The molecule has 0 bridgehead atoms. The van der Waals surface area contributed by atoms with Crippen molar-refractivity contribution in [2.45, 2.75) is 6.54 Å². The lowest BCUT2D eigenvalue weighted by atomic mass is 10.2. The van der Waals surface area contributed by atoms with Crippen molar-refractivity contribution in [1.29, 1.82) is 0 Å². The molecule has 5 heteroatoms. The third-order valence-corrected chi connectivity index (χ3v) is 3.36. The van der Waals surface area contributed by atoms with Crippen molar-refractivity contribution < 1.29 is 9.13 Å². The van der Waals surface area contributed by atoms with Crippen LogP contribution in [0.15, 0.2) is 61.2 Å². The first-order chi connectivity index (χ1) is 10.8. The second-order valence-corrected chi connectivity index (χ2v) is 4.84. The van der Waals surface area contributed by atoms with Gasteiger partial charge in [0.15, 0.2) is 0 Å². The minimum atomic E-state index is -0.275. The highest BCUT2D eigenvalue weighted by molar-refractivity contribution is 5.49. The zero-order valence-corrected chi connectivity index (χ0v) is 12.2. The van der Waals surface area contributed by atoms with Crippen LogP contribution in [0.4, 0.5) is 10.1 Å². The molecule has 1 aromatic heterocycles. The first-order valence-corrected chi connectivity index (χ1v) is 6.91. The molecule has 1 heterocycles. The molecule has 1 N–H and O–H groups in total. The van der Waals surface area contributed by atoms with Gasteiger partial charge in [-0.25, -0.2) is 9.37 Å². The Morgan fingerprint density at radius 3 is 2.86 bits per heavy atom. The van der Waals surface area contributed by atoms with Gasteiger partial charge in [-0.3, -0.25) is 0 Å². The van der Waals surface area contributed by atoms with Crippen molar-refractivity contribution in [2.24, 2.45) is 0 Å². The molecule has 0 spiro atoms. The largest absolute Gasteiger partial charge is 0.497 e. The summed E-state index contributed by atoms with van der Waals surface area (Å²) in [5, 5.41) is 3.25. The van der Waals surface area contributed by atoms with Gasteiger partial charge in [0.05, 0.1) is 19.1 Å². The molecule has 0 atom stereocenters. The number of benzene rings is 2. The van der Waals surface area contributed by atoms with E-state index in [-0.39, 0.29) is 5.82 Å². The maximum atomic E-state index is 14.2. The number of anilines is 1. The van der Waals surface area contributed by atoms with Gasteiger partial charge in [0, 0.05) is 30.7 Å². The maximum Gasteiger partial charge on any atom is 0.147 e. The number of nitrogens with zero attached hydrogens (tertiary/aromatic N) is 2. The summed E-state index contributed by atoms with van der Waals surface area (Å²) in [7, 11) is 1.63. The Hall–Kier alpha value is -2.82. The fourth-order valence-electron chi connectivity index (χ4n) is 2.21. The molecule has 0 saturated heterocycles. The van der Waals surface area contributed by atoms with Crippen molar-refractivity contribution in [1.82, 2.24) is 9.55 Å². The summed E-state index contributed by atoms with van der Waals surface area (Å²) in [5.41, 5.74) is 2.28. The smallest absolute Gasteiger partial charge is 0.147 e. The Morgan fingerprint density at radius 2 is 2.14 bits per heavy atom. The van der Waals surface area contributed by atoms with Crippen molar-refractivity contribution >= 4 is 5.69 Å². The number of ether oxygens (including phenoxy) is 1. The molecule has 3 aromatic rings. The normalized spacial score (nSPS) is 10.5. The van der Waals surface area contributed by atoms with Crippen LogP contribution < -0.4 is 10.1 Å². The van der Waals surface area contributed by atoms with Crippen LogP contribution in [-0.2, 0) is 6.54 Å². The van der Waals surface area contributed by atoms with E-state index in [2.05, 4.69) is 10.3 Å². The van der Waals surface area contributed by atoms with Crippen molar-refractivity contribution in [3.8, 4) is 11.4 Å². The zero-order valence-electron chi connectivity index (χ0n) is 12.2. The maximum absolute atomic E-state index is 14.2. The standard InChI is InChI=1S/C17H16FN3O/c1-22-15-4-2-3-14(10-15)20-11-13-5-6-17(16(18)9-13)21-8-7-19-12-21/h2-10,12,20H,11H2,1H3. The van der Waals surface area contributed by atoms with Crippen molar-refractivity contribution in [3.63, 3.8) is 0 Å². The molecule has 0 aliphatic heterocycles. The highest BCUT2D eigenvalue weighted by atomic mass is 19.1. The van der Waals surface area contributed by atoms with Gasteiger partial charge in [-0.1, -0.05) is 12.1 Å². The van der Waals surface area contributed by atoms with Crippen LogP contribution in [0.25, 0.3) is 5.69 Å². The minimum absolute atomic E-state index is 0.275. The van der Waals surface area contributed by atoms with Crippen LogP contribution in [0.2, 0.25) is 0 Å². The number of rotatable bonds is 5. The fraction of sp³-hybridized carbons (Fsp3) is 0.118. The van der Waals surface area contributed by atoms with Gasteiger partial charge in [0.1, 0.15) is 11.6 Å². The van der Waals surface area contributed by atoms with Crippen LogP contribution in [-0.4, -0.2) is 16.7 Å². The van der Waals surface area contributed by atoms with E-state index in [0.29, 0.717) is 12.2 Å². The minimum Gasteiger partial charge on any atom is -0.497 e. The van der Waals surface area contributed by atoms with E-state index in [1.165, 1.54) is 6.07 Å². The first-order valence-electron chi connectivity index (χ1n) is 6.91. The first kappa shape index (κ1) is 14.1. The summed E-state index contributed by atoms with van der Waals surface area (Å²) in [6, 6.07) is 12.8. The van der Waals surface area contributed by atoms with Gasteiger partial charge in [-0.15, -0.1) is 0 Å². The van der Waals surface area contributed by atoms with E-state index in [0.717, 1.165) is 17.0 Å². The van der Waals surface area contributed by atoms with Crippen LogP contribution in [0.3, 0.4) is 0 Å². The Morgan fingerprint density at radius 1 is 1.23 bits per heavy atom. The summed E-state index contributed by atoms with van der Waals surface area (Å²) in [6.45, 7) is 0.536. The number of hydrogen-bond acceptors (Lipinski definition) is 3. The quantitative estimate of drug-likeness (QED) is 0.781. The lowest BCUT2D eigenvalue weighted by Gasteiger charge is -2.10. The Kier molecular flexibility index (Phi) is 4.05.